The van der Waals surface area contributed by atoms with Gasteiger partial charge in [0.2, 0.25) is 5.91 Å². The average molecular weight is 374 g/mol. The Morgan fingerprint density at radius 1 is 1.15 bits per heavy atom. The van der Waals surface area contributed by atoms with Gasteiger partial charge in [-0.25, -0.2) is 8.42 Å². The zero-order valence-corrected chi connectivity index (χ0v) is 15.6. The summed E-state index contributed by atoms with van der Waals surface area (Å²) in [6, 6.07) is 12.0. The van der Waals surface area contributed by atoms with E-state index in [1.54, 1.807) is 43.3 Å². The fraction of sp³-hybridized carbons (Fsp3) is 0.316. The van der Waals surface area contributed by atoms with E-state index >= 15 is 0 Å². The van der Waals surface area contributed by atoms with Crippen molar-refractivity contribution in [1.82, 2.24) is 5.32 Å². The Bertz CT molecular complexity index is 904. The summed E-state index contributed by atoms with van der Waals surface area (Å²) in [6.07, 6.45) is 2.40. The molecule has 0 bridgehead atoms. The number of anilines is 1. The molecule has 0 aromatic heterocycles. The van der Waals surface area contributed by atoms with E-state index in [4.69, 9.17) is 4.74 Å². The number of carbonyl (C=O) groups is 1. The van der Waals surface area contributed by atoms with Crippen LogP contribution in [0.15, 0.2) is 47.4 Å². The zero-order valence-electron chi connectivity index (χ0n) is 14.8. The van der Waals surface area contributed by atoms with Crippen LogP contribution in [0, 0.1) is 6.92 Å². The van der Waals surface area contributed by atoms with Gasteiger partial charge >= 0.3 is 0 Å². The van der Waals surface area contributed by atoms with Crippen LogP contribution in [0.4, 0.5) is 5.69 Å². The van der Waals surface area contributed by atoms with Crippen molar-refractivity contribution in [3.8, 4) is 5.75 Å². The standard InChI is InChI=1S/C19H22N2O4S/c1-13-11-17(25-2)9-10-18(13)26(23,24)21-16-5-3-14(4-6-16)12-19(22)20-15-7-8-15/h3-6,9-11,15,21H,7-8,12H2,1-2H3,(H,20,22). The zero-order chi connectivity index (χ0) is 18.7. The van der Waals surface area contributed by atoms with E-state index in [0.717, 1.165) is 18.4 Å². The molecule has 26 heavy (non-hydrogen) atoms. The van der Waals surface area contributed by atoms with Crippen molar-refractivity contribution in [2.24, 2.45) is 0 Å². The molecule has 2 aromatic rings. The Morgan fingerprint density at radius 2 is 1.85 bits per heavy atom. The number of amides is 1. The largest absolute Gasteiger partial charge is 0.497 e. The second-order valence-corrected chi connectivity index (χ2v) is 8.10. The Labute approximate surface area is 153 Å². The molecule has 0 atom stereocenters. The van der Waals surface area contributed by atoms with Crippen LogP contribution in [0.3, 0.4) is 0 Å². The van der Waals surface area contributed by atoms with Gasteiger partial charge in [0.25, 0.3) is 10.0 Å². The predicted molar refractivity (Wildman–Crippen MR) is 99.9 cm³/mol. The Balaban J connectivity index is 1.68. The molecule has 1 amide bonds. The highest BCUT2D eigenvalue weighted by atomic mass is 32.2. The molecule has 3 rings (SSSR count). The lowest BCUT2D eigenvalue weighted by atomic mass is 10.1. The van der Waals surface area contributed by atoms with Gasteiger partial charge in [-0.15, -0.1) is 0 Å². The molecule has 0 heterocycles. The Hall–Kier alpha value is -2.54. The van der Waals surface area contributed by atoms with E-state index in [0.29, 0.717) is 29.5 Å². The Kier molecular flexibility index (Phi) is 5.18. The van der Waals surface area contributed by atoms with Crippen LogP contribution in [-0.4, -0.2) is 27.5 Å². The fourth-order valence-electron chi connectivity index (χ4n) is 2.64. The van der Waals surface area contributed by atoms with Crippen molar-refractivity contribution >= 4 is 21.6 Å². The van der Waals surface area contributed by atoms with Gasteiger partial charge in [-0.1, -0.05) is 12.1 Å². The van der Waals surface area contributed by atoms with Gasteiger partial charge in [-0.2, -0.15) is 0 Å². The number of hydrogen-bond acceptors (Lipinski definition) is 4. The van der Waals surface area contributed by atoms with Gasteiger partial charge in [0.05, 0.1) is 18.4 Å². The topological polar surface area (TPSA) is 84.5 Å². The van der Waals surface area contributed by atoms with E-state index in [-0.39, 0.29) is 10.8 Å². The van der Waals surface area contributed by atoms with Crippen LogP contribution in [0.5, 0.6) is 5.75 Å². The molecule has 1 aliphatic rings. The molecular formula is C19H22N2O4S. The monoisotopic (exact) mass is 374 g/mol. The maximum absolute atomic E-state index is 12.6. The summed E-state index contributed by atoms with van der Waals surface area (Å²) < 4.78 is 32.9. The van der Waals surface area contributed by atoms with Crippen LogP contribution in [0.25, 0.3) is 0 Å². The number of nitrogens with one attached hydrogen (secondary N) is 2. The van der Waals surface area contributed by atoms with E-state index in [1.165, 1.54) is 13.2 Å². The first-order valence-corrected chi connectivity index (χ1v) is 9.91. The first kappa shape index (κ1) is 18.3. The smallest absolute Gasteiger partial charge is 0.262 e. The summed E-state index contributed by atoms with van der Waals surface area (Å²) in [5.41, 5.74) is 1.89. The molecule has 0 aliphatic heterocycles. The minimum absolute atomic E-state index is 0.00492. The second kappa shape index (κ2) is 7.37. The highest BCUT2D eigenvalue weighted by Crippen LogP contribution is 2.23. The van der Waals surface area contributed by atoms with E-state index in [2.05, 4.69) is 10.0 Å². The normalized spacial score (nSPS) is 13.9. The molecule has 1 fully saturated rings. The first-order valence-electron chi connectivity index (χ1n) is 8.43. The van der Waals surface area contributed by atoms with Crippen LogP contribution >= 0.6 is 0 Å². The van der Waals surface area contributed by atoms with Crippen molar-refractivity contribution in [3.05, 3.63) is 53.6 Å². The number of benzene rings is 2. The third kappa shape index (κ3) is 4.54. The van der Waals surface area contributed by atoms with Crippen molar-refractivity contribution in [3.63, 3.8) is 0 Å². The molecule has 1 saturated carbocycles. The number of aryl methyl sites for hydroxylation is 1. The molecule has 0 spiro atoms. The van der Waals surface area contributed by atoms with E-state index < -0.39 is 10.0 Å². The lowest BCUT2D eigenvalue weighted by molar-refractivity contribution is -0.120. The minimum atomic E-state index is -3.70. The fourth-order valence-corrected chi connectivity index (χ4v) is 3.93. The van der Waals surface area contributed by atoms with Crippen LogP contribution in [0.2, 0.25) is 0 Å². The number of rotatable bonds is 7. The Morgan fingerprint density at radius 3 is 2.42 bits per heavy atom. The minimum Gasteiger partial charge on any atom is -0.497 e. The number of ether oxygens (including phenoxy) is 1. The third-order valence-electron chi connectivity index (χ3n) is 4.18. The number of sulfonamides is 1. The van der Waals surface area contributed by atoms with Crippen LogP contribution in [-0.2, 0) is 21.2 Å². The lowest BCUT2D eigenvalue weighted by Gasteiger charge is -2.12. The van der Waals surface area contributed by atoms with Gasteiger partial charge in [0.1, 0.15) is 5.75 Å². The summed E-state index contributed by atoms with van der Waals surface area (Å²) in [5, 5.41) is 2.93. The molecule has 7 heteroatoms. The summed E-state index contributed by atoms with van der Waals surface area (Å²) in [6.45, 7) is 1.72. The van der Waals surface area contributed by atoms with Gasteiger partial charge < -0.3 is 10.1 Å². The van der Waals surface area contributed by atoms with Gasteiger partial charge in [-0.3, -0.25) is 9.52 Å². The van der Waals surface area contributed by atoms with Crippen LogP contribution in [0.1, 0.15) is 24.0 Å². The second-order valence-electron chi connectivity index (χ2n) is 6.45. The molecule has 0 saturated heterocycles. The highest BCUT2D eigenvalue weighted by molar-refractivity contribution is 7.92. The first-order chi connectivity index (χ1) is 12.4. The molecule has 2 aromatic carbocycles. The number of carbonyl (C=O) groups excluding carboxylic acids is 1. The molecular weight excluding hydrogens is 352 g/mol. The average Bonchev–Trinajstić information content (AvgIpc) is 3.39. The predicted octanol–water partition coefficient (Wildman–Crippen LogP) is 2.63. The lowest BCUT2D eigenvalue weighted by Crippen LogP contribution is -2.26. The molecule has 1 aliphatic carbocycles. The summed E-state index contributed by atoms with van der Waals surface area (Å²) in [7, 11) is -2.16. The van der Waals surface area contributed by atoms with Crippen molar-refractivity contribution in [2.45, 2.75) is 37.1 Å². The van der Waals surface area contributed by atoms with E-state index in [9.17, 15) is 13.2 Å². The molecule has 2 N–H and O–H groups in total. The van der Waals surface area contributed by atoms with Gasteiger partial charge in [-0.05, 0) is 61.2 Å². The van der Waals surface area contributed by atoms with Crippen molar-refractivity contribution in [1.29, 1.82) is 0 Å². The van der Waals surface area contributed by atoms with Crippen molar-refractivity contribution < 1.29 is 17.9 Å². The molecule has 138 valence electrons. The summed E-state index contributed by atoms with van der Waals surface area (Å²) >= 11 is 0. The molecule has 6 nitrogen and oxygen atoms in total. The summed E-state index contributed by atoms with van der Waals surface area (Å²) in [5.74, 6) is 0.602. The maximum Gasteiger partial charge on any atom is 0.262 e. The third-order valence-corrected chi connectivity index (χ3v) is 5.73. The summed E-state index contributed by atoms with van der Waals surface area (Å²) in [4.78, 5) is 12.0. The highest BCUT2D eigenvalue weighted by Gasteiger charge is 2.23. The number of hydrogen-bond donors (Lipinski definition) is 2. The SMILES string of the molecule is COc1ccc(S(=O)(=O)Nc2ccc(CC(=O)NC3CC3)cc2)c(C)c1. The van der Waals surface area contributed by atoms with Gasteiger partial charge in [0.15, 0.2) is 0 Å². The molecule has 0 unspecified atom stereocenters. The van der Waals surface area contributed by atoms with Crippen molar-refractivity contribution in [2.75, 3.05) is 11.8 Å². The van der Waals surface area contributed by atoms with E-state index in [1.807, 2.05) is 0 Å². The van der Waals surface area contributed by atoms with Crippen LogP contribution < -0.4 is 14.8 Å². The molecule has 0 radical (unpaired) electrons. The number of methoxy groups -OCH3 is 1. The maximum atomic E-state index is 12.6. The van der Waals surface area contributed by atoms with Gasteiger partial charge in [0, 0.05) is 11.7 Å². The quantitative estimate of drug-likeness (QED) is 0.780.